The van der Waals surface area contributed by atoms with Gasteiger partial charge in [0.1, 0.15) is 16.6 Å². The molecule has 2 N–H and O–H groups in total. The maximum atomic E-state index is 13.3. The van der Waals surface area contributed by atoms with Crippen LogP contribution in [-0.4, -0.2) is 30.3 Å². The van der Waals surface area contributed by atoms with E-state index in [1.165, 1.54) is 23.5 Å². The summed E-state index contributed by atoms with van der Waals surface area (Å²) in [7, 11) is 1.61. The number of ether oxygens (including phenoxy) is 1. The summed E-state index contributed by atoms with van der Waals surface area (Å²) in [4.78, 5) is 4.73. The third-order valence-corrected chi connectivity index (χ3v) is 6.13. The van der Waals surface area contributed by atoms with E-state index >= 15 is 0 Å². The van der Waals surface area contributed by atoms with Crippen molar-refractivity contribution in [2.75, 3.05) is 20.2 Å². The molecule has 30 heavy (non-hydrogen) atoms. The van der Waals surface area contributed by atoms with E-state index in [9.17, 15) is 9.50 Å². The molecule has 0 saturated heterocycles. The maximum Gasteiger partial charge on any atom is 0.157 e. The topological polar surface area (TPSA) is 54.4 Å². The van der Waals surface area contributed by atoms with Crippen LogP contribution in [0.25, 0.3) is 11.3 Å². The standard InChI is InChI=1S/C24H29FN2O2S/c1-6-26-15-24(28,19-13-17(23(2,3)4)9-12-21(19)29-5)22-27-20(14-30-22)16-7-10-18(25)11-8-16/h7-14,26,28H,6,15H2,1-5H3. The molecule has 1 unspecified atom stereocenters. The number of rotatable bonds is 7. The minimum atomic E-state index is -1.37. The van der Waals surface area contributed by atoms with Crippen LogP contribution in [0, 0.1) is 5.82 Å². The van der Waals surface area contributed by atoms with Crippen LogP contribution in [0.5, 0.6) is 5.75 Å². The summed E-state index contributed by atoms with van der Waals surface area (Å²) < 4.78 is 18.9. The van der Waals surface area contributed by atoms with Gasteiger partial charge >= 0.3 is 0 Å². The van der Waals surface area contributed by atoms with Gasteiger partial charge in [0.25, 0.3) is 0 Å². The van der Waals surface area contributed by atoms with E-state index < -0.39 is 5.60 Å². The predicted octanol–water partition coefficient (Wildman–Crippen LogP) is 5.10. The second-order valence-corrected chi connectivity index (χ2v) is 9.21. The monoisotopic (exact) mass is 428 g/mol. The molecule has 6 heteroatoms. The highest BCUT2D eigenvalue weighted by Crippen LogP contribution is 2.40. The fraction of sp³-hybridized carbons (Fsp3) is 0.375. The third-order valence-electron chi connectivity index (χ3n) is 5.14. The van der Waals surface area contributed by atoms with Crippen LogP contribution in [0.4, 0.5) is 4.39 Å². The minimum absolute atomic E-state index is 0.0811. The van der Waals surface area contributed by atoms with E-state index in [1.807, 2.05) is 30.5 Å². The van der Waals surface area contributed by atoms with Gasteiger partial charge in [0.05, 0.1) is 12.8 Å². The van der Waals surface area contributed by atoms with Crippen molar-refractivity contribution in [3.8, 4) is 17.0 Å². The number of hydrogen-bond donors (Lipinski definition) is 2. The van der Waals surface area contributed by atoms with Gasteiger partial charge in [-0.15, -0.1) is 11.3 Å². The SMILES string of the molecule is CCNCC(O)(c1nc(-c2ccc(F)cc2)cs1)c1cc(C(C)(C)C)ccc1OC. The first-order valence-corrected chi connectivity index (χ1v) is 10.9. The molecule has 1 aromatic heterocycles. The van der Waals surface area contributed by atoms with Crippen molar-refractivity contribution in [2.45, 2.75) is 38.7 Å². The zero-order valence-electron chi connectivity index (χ0n) is 18.1. The van der Waals surface area contributed by atoms with Crippen LogP contribution in [-0.2, 0) is 11.0 Å². The first-order valence-electron chi connectivity index (χ1n) is 10.0. The summed E-state index contributed by atoms with van der Waals surface area (Å²) in [6.07, 6.45) is 0. The highest BCUT2D eigenvalue weighted by atomic mass is 32.1. The number of aromatic nitrogens is 1. The van der Waals surface area contributed by atoms with Gasteiger partial charge < -0.3 is 15.2 Å². The molecule has 1 atom stereocenters. The summed E-state index contributed by atoms with van der Waals surface area (Å²) in [5, 5.41) is 17.7. The van der Waals surface area contributed by atoms with Crippen LogP contribution in [0.15, 0.2) is 47.8 Å². The van der Waals surface area contributed by atoms with Crippen LogP contribution >= 0.6 is 11.3 Å². The minimum Gasteiger partial charge on any atom is -0.496 e. The van der Waals surface area contributed by atoms with Gasteiger partial charge in [-0.3, -0.25) is 0 Å². The quantitative estimate of drug-likeness (QED) is 0.550. The Kier molecular flexibility index (Phi) is 6.60. The molecular weight excluding hydrogens is 399 g/mol. The molecule has 2 aromatic carbocycles. The lowest BCUT2D eigenvalue weighted by Gasteiger charge is -2.30. The predicted molar refractivity (Wildman–Crippen MR) is 121 cm³/mol. The lowest BCUT2D eigenvalue weighted by Crippen LogP contribution is -2.39. The van der Waals surface area contributed by atoms with E-state index in [-0.39, 0.29) is 11.2 Å². The second-order valence-electron chi connectivity index (χ2n) is 8.35. The van der Waals surface area contributed by atoms with Crippen molar-refractivity contribution in [1.82, 2.24) is 10.3 Å². The highest BCUT2D eigenvalue weighted by molar-refractivity contribution is 7.10. The summed E-state index contributed by atoms with van der Waals surface area (Å²) in [5.41, 5.74) is 1.84. The maximum absolute atomic E-state index is 13.3. The molecule has 0 amide bonds. The largest absolute Gasteiger partial charge is 0.496 e. The molecule has 3 aromatic rings. The molecular formula is C24H29FN2O2S. The van der Waals surface area contributed by atoms with Gasteiger partial charge in [-0.05, 0) is 53.9 Å². The van der Waals surface area contributed by atoms with E-state index in [0.717, 1.165) is 11.1 Å². The first-order chi connectivity index (χ1) is 14.2. The lowest BCUT2D eigenvalue weighted by atomic mass is 9.83. The Morgan fingerprint density at radius 3 is 2.43 bits per heavy atom. The zero-order chi connectivity index (χ0) is 21.9. The van der Waals surface area contributed by atoms with Gasteiger partial charge in [-0.2, -0.15) is 0 Å². The van der Waals surface area contributed by atoms with Crippen LogP contribution < -0.4 is 10.1 Å². The van der Waals surface area contributed by atoms with Crippen molar-refractivity contribution in [3.63, 3.8) is 0 Å². The molecule has 0 saturated carbocycles. The van der Waals surface area contributed by atoms with Crippen LogP contribution in [0.3, 0.4) is 0 Å². The molecule has 0 spiro atoms. The van der Waals surface area contributed by atoms with E-state index in [0.29, 0.717) is 35.1 Å². The number of nitrogens with one attached hydrogen (secondary N) is 1. The molecule has 0 radical (unpaired) electrons. The van der Waals surface area contributed by atoms with Crippen molar-refractivity contribution >= 4 is 11.3 Å². The Hall–Kier alpha value is -2.28. The number of benzene rings is 2. The fourth-order valence-corrected chi connectivity index (χ4v) is 4.25. The van der Waals surface area contributed by atoms with Crippen molar-refractivity contribution < 1.29 is 14.2 Å². The lowest BCUT2D eigenvalue weighted by molar-refractivity contribution is 0.0773. The number of methoxy groups -OCH3 is 1. The summed E-state index contributed by atoms with van der Waals surface area (Å²) in [6, 6.07) is 12.2. The van der Waals surface area contributed by atoms with Gasteiger partial charge in [-0.1, -0.05) is 33.8 Å². The number of likely N-dealkylation sites (N-methyl/N-ethyl adjacent to an activating group) is 1. The average Bonchev–Trinajstić information content (AvgIpc) is 3.22. The summed E-state index contributed by atoms with van der Waals surface area (Å²) in [5.74, 6) is 0.323. The molecule has 1 heterocycles. The van der Waals surface area contributed by atoms with E-state index in [2.05, 4.69) is 26.1 Å². The van der Waals surface area contributed by atoms with Gasteiger partial charge in [0.15, 0.2) is 5.60 Å². The number of aliphatic hydroxyl groups is 1. The van der Waals surface area contributed by atoms with Gasteiger partial charge in [0.2, 0.25) is 0 Å². The van der Waals surface area contributed by atoms with Crippen molar-refractivity contribution in [2.24, 2.45) is 0 Å². The Labute approximate surface area is 181 Å². The van der Waals surface area contributed by atoms with Gasteiger partial charge in [0, 0.05) is 23.1 Å². The first kappa shape index (κ1) is 22.4. The van der Waals surface area contributed by atoms with E-state index in [4.69, 9.17) is 9.72 Å². The summed E-state index contributed by atoms with van der Waals surface area (Å²) >= 11 is 1.38. The smallest absolute Gasteiger partial charge is 0.157 e. The number of halogens is 1. The highest BCUT2D eigenvalue weighted by Gasteiger charge is 2.38. The molecule has 0 aliphatic rings. The Bertz CT molecular complexity index is 995. The molecule has 0 fully saturated rings. The number of nitrogens with zero attached hydrogens (tertiary/aromatic N) is 1. The van der Waals surface area contributed by atoms with E-state index in [1.54, 1.807) is 19.2 Å². The normalized spacial score (nSPS) is 13.8. The number of thiazole rings is 1. The zero-order valence-corrected chi connectivity index (χ0v) is 18.9. The molecule has 4 nitrogen and oxygen atoms in total. The van der Waals surface area contributed by atoms with Gasteiger partial charge in [-0.25, -0.2) is 9.37 Å². The Balaban J connectivity index is 2.13. The molecule has 0 bridgehead atoms. The molecule has 3 rings (SSSR count). The average molecular weight is 429 g/mol. The molecule has 0 aliphatic carbocycles. The second kappa shape index (κ2) is 8.84. The number of hydrogen-bond acceptors (Lipinski definition) is 5. The van der Waals surface area contributed by atoms with Crippen molar-refractivity contribution in [1.29, 1.82) is 0 Å². The molecule has 160 valence electrons. The summed E-state index contributed by atoms with van der Waals surface area (Å²) in [6.45, 7) is 9.41. The van der Waals surface area contributed by atoms with Crippen LogP contribution in [0.2, 0.25) is 0 Å². The van der Waals surface area contributed by atoms with Crippen molar-refractivity contribution in [3.05, 3.63) is 69.8 Å². The molecule has 0 aliphatic heterocycles. The Morgan fingerprint density at radius 2 is 1.83 bits per heavy atom. The Morgan fingerprint density at radius 1 is 1.13 bits per heavy atom. The third kappa shape index (κ3) is 4.56. The fourth-order valence-electron chi connectivity index (χ4n) is 3.31. The van der Waals surface area contributed by atoms with Crippen LogP contribution in [0.1, 0.15) is 43.8 Å².